The number of nitrogens with zero attached hydrogens (tertiary/aromatic N) is 1. The van der Waals surface area contributed by atoms with Gasteiger partial charge in [-0.2, -0.15) is 0 Å². The van der Waals surface area contributed by atoms with Crippen molar-refractivity contribution in [3.63, 3.8) is 0 Å². The second kappa shape index (κ2) is 6.37. The van der Waals surface area contributed by atoms with Gasteiger partial charge in [-0.05, 0) is 54.5 Å². The number of aliphatic hydroxyl groups is 1. The van der Waals surface area contributed by atoms with E-state index in [9.17, 15) is 5.11 Å². The highest BCUT2D eigenvalue weighted by Crippen LogP contribution is 2.60. The van der Waals surface area contributed by atoms with Gasteiger partial charge in [-0.25, -0.2) is 0 Å². The molecule has 128 valence electrons. The van der Waals surface area contributed by atoms with E-state index < -0.39 is 6.10 Å². The highest BCUT2D eigenvalue weighted by atomic mass is 32.1. The summed E-state index contributed by atoms with van der Waals surface area (Å²) in [7, 11) is 1.79. The van der Waals surface area contributed by atoms with Gasteiger partial charge in [0, 0.05) is 29.7 Å². The fraction of sp³-hybridized carbons (Fsp3) is 0.526. The van der Waals surface area contributed by atoms with Gasteiger partial charge < -0.3 is 15.7 Å². The Morgan fingerprint density at radius 3 is 2.79 bits per heavy atom. The lowest BCUT2D eigenvalue weighted by Gasteiger charge is -2.19. The second-order valence-corrected chi connectivity index (χ2v) is 8.26. The molecular formula is C19H25N3OS. The molecule has 4 nitrogen and oxygen atoms in total. The number of hydrogen-bond donors (Lipinski definition) is 3. The van der Waals surface area contributed by atoms with Gasteiger partial charge in [-0.3, -0.25) is 4.99 Å². The van der Waals surface area contributed by atoms with Gasteiger partial charge in [0.25, 0.3) is 0 Å². The summed E-state index contributed by atoms with van der Waals surface area (Å²) < 4.78 is 1.22. The summed E-state index contributed by atoms with van der Waals surface area (Å²) in [6, 6.07) is 10.3. The van der Waals surface area contributed by atoms with Gasteiger partial charge in [-0.1, -0.05) is 18.2 Å². The van der Waals surface area contributed by atoms with Crippen molar-refractivity contribution in [3.8, 4) is 0 Å². The van der Waals surface area contributed by atoms with E-state index in [1.54, 1.807) is 18.4 Å². The third-order valence-electron chi connectivity index (χ3n) is 5.40. The van der Waals surface area contributed by atoms with Crippen LogP contribution in [0.3, 0.4) is 0 Å². The molecule has 5 heteroatoms. The standard InChI is InChI=1S/C19H25N3OS/c1-20-18(22-12-19(8-9-19)14-6-7-14)21-11-15(23)17-10-13-4-2-3-5-16(13)24-17/h2-5,10,14-15,23H,6-9,11-12H2,1H3,(H2,20,21,22). The van der Waals surface area contributed by atoms with Gasteiger partial charge >= 0.3 is 0 Å². The van der Waals surface area contributed by atoms with Crippen LogP contribution in [0.25, 0.3) is 10.1 Å². The van der Waals surface area contributed by atoms with Crippen LogP contribution in [-0.2, 0) is 0 Å². The average Bonchev–Trinajstić information content (AvgIpc) is 3.51. The Morgan fingerprint density at radius 1 is 1.33 bits per heavy atom. The fourth-order valence-electron chi connectivity index (χ4n) is 3.53. The summed E-state index contributed by atoms with van der Waals surface area (Å²) in [5.74, 6) is 1.73. The monoisotopic (exact) mass is 343 g/mol. The number of fused-ring (bicyclic) bond motifs is 1. The van der Waals surface area contributed by atoms with Crippen LogP contribution in [0.1, 0.15) is 36.7 Å². The molecule has 24 heavy (non-hydrogen) atoms. The van der Waals surface area contributed by atoms with Crippen molar-refractivity contribution < 1.29 is 5.11 Å². The SMILES string of the molecule is CN=C(NCC(O)c1cc2ccccc2s1)NCC1(C2CC2)CC1. The molecule has 4 rings (SSSR count). The molecule has 1 aromatic carbocycles. The Morgan fingerprint density at radius 2 is 2.12 bits per heavy atom. The molecule has 1 heterocycles. The van der Waals surface area contributed by atoms with Crippen LogP contribution in [0.4, 0.5) is 0 Å². The molecule has 0 saturated heterocycles. The van der Waals surface area contributed by atoms with E-state index in [4.69, 9.17) is 0 Å². The van der Waals surface area contributed by atoms with Crippen LogP contribution in [0, 0.1) is 11.3 Å². The quantitative estimate of drug-likeness (QED) is 0.557. The summed E-state index contributed by atoms with van der Waals surface area (Å²) in [5.41, 5.74) is 0.543. The number of nitrogens with one attached hydrogen (secondary N) is 2. The summed E-state index contributed by atoms with van der Waals surface area (Å²) in [5, 5.41) is 18.4. The molecule has 3 N–H and O–H groups in total. The van der Waals surface area contributed by atoms with Gasteiger partial charge in [0.05, 0.1) is 0 Å². The first-order valence-corrected chi connectivity index (χ1v) is 9.63. The predicted molar refractivity (Wildman–Crippen MR) is 101 cm³/mol. The molecule has 2 fully saturated rings. The summed E-state index contributed by atoms with van der Waals surface area (Å²) in [6.07, 6.45) is 4.99. The van der Waals surface area contributed by atoms with E-state index in [1.165, 1.54) is 35.8 Å². The largest absolute Gasteiger partial charge is 0.386 e. The third-order valence-corrected chi connectivity index (χ3v) is 6.62. The van der Waals surface area contributed by atoms with Gasteiger partial charge in [0.1, 0.15) is 6.10 Å². The predicted octanol–water partition coefficient (Wildman–Crippen LogP) is 3.29. The normalized spacial score (nSPS) is 20.8. The Labute approximate surface area is 147 Å². The lowest BCUT2D eigenvalue weighted by Crippen LogP contribution is -2.42. The van der Waals surface area contributed by atoms with Crippen LogP contribution < -0.4 is 10.6 Å². The summed E-state index contributed by atoms with van der Waals surface area (Å²) in [4.78, 5) is 5.29. The minimum Gasteiger partial charge on any atom is -0.386 e. The summed E-state index contributed by atoms with van der Waals surface area (Å²) >= 11 is 1.65. The maximum Gasteiger partial charge on any atom is 0.191 e. The molecule has 1 atom stereocenters. The lowest BCUT2D eigenvalue weighted by molar-refractivity contribution is 0.184. The topological polar surface area (TPSA) is 56.7 Å². The highest BCUT2D eigenvalue weighted by Gasteiger charge is 2.53. The molecule has 0 bridgehead atoms. The Hall–Kier alpha value is -1.59. The molecular weight excluding hydrogens is 318 g/mol. The number of aliphatic hydroxyl groups excluding tert-OH is 1. The molecule has 0 aliphatic heterocycles. The first-order valence-electron chi connectivity index (χ1n) is 8.81. The van der Waals surface area contributed by atoms with E-state index in [0.717, 1.165) is 23.3 Å². The number of guanidine groups is 1. The zero-order valence-corrected chi connectivity index (χ0v) is 14.9. The minimum atomic E-state index is -0.515. The molecule has 2 saturated carbocycles. The zero-order chi connectivity index (χ0) is 16.6. The second-order valence-electron chi connectivity index (χ2n) is 7.15. The first kappa shape index (κ1) is 15.9. The van der Waals surface area contributed by atoms with Crippen LogP contribution in [0.2, 0.25) is 0 Å². The summed E-state index contributed by atoms with van der Waals surface area (Å²) in [6.45, 7) is 1.49. The average molecular weight is 343 g/mol. The Balaban J connectivity index is 1.31. The van der Waals surface area contributed by atoms with E-state index in [1.807, 2.05) is 12.1 Å². The number of thiophene rings is 1. The third kappa shape index (κ3) is 3.28. The first-order chi connectivity index (χ1) is 11.7. The number of rotatable bonds is 6. The van der Waals surface area contributed by atoms with Crippen molar-refractivity contribution in [1.82, 2.24) is 10.6 Å². The van der Waals surface area contributed by atoms with Crippen molar-refractivity contribution in [1.29, 1.82) is 0 Å². The van der Waals surface area contributed by atoms with Crippen molar-refractivity contribution >= 4 is 27.4 Å². The highest BCUT2D eigenvalue weighted by molar-refractivity contribution is 7.19. The molecule has 1 aromatic heterocycles. The number of aliphatic imine (C=N–C) groups is 1. The van der Waals surface area contributed by atoms with Crippen LogP contribution >= 0.6 is 11.3 Å². The Bertz CT molecular complexity index is 713. The molecule has 1 unspecified atom stereocenters. The smallest absolute Gasteiger partial charge is 0.191 e. The maximum absolute atomic E-state index is 10.5. The molecule has 0 spiro atoms. The Kier molecular flexibility index (Phi) is 4.22. The minimum absolute atomic E-state index is 0.475. The molecule has 0 radical (unpaired) electrons. The number of hydrogen-bond acceptors (Lipinski definition) is 3. The van der Waals surface area contributed by atoms with Gasteiger partial charge in [0.2, 0.25) is 0 Å². The van der Waals surface area contributed by atoms with Crippen LogP contribution in [0.15, 0.2) is 35.3 Å². The van der Waals surface area contributed by atoms with Gasteiger partial charge in [-0.15, -0.1) is 11.3 Å². The van der Waals surface area contributed by atoms with Crippen molar-refractivity contribution in [2.24, 2.45) is 16.3 Å². The van der Waals surface area contributed by atoms with Crippen LogP contribution in [-0.4, -0.2) is 31.2 Å². The fourth-order valence-corrected chi connectivity index (χ4v) is 4.58. The van der Waals surface area contributed by atoms with E-state index in [0.29, 0.717) is 12.0 Å². The zero-order valence-electron chi connectivity index (χ0n) is 14.1. The molecule has 0 amide bonds. The van der Waals surface area contributed by atoms with Gasteiger partial charge in [0.15, 0.2) is 5.96 Å². The van der Waals surface area contributed by atoms with Crippen molar-refractivity contribution in [2.45, 2.75) is 31.8 Å². The van der Waals surface area contributed by atoms with Crippen molar-refractivity contribution in [3.05, 3.63) is 35.2 Å². The molecule has 2 aromatic rings. The lowest BCUT2D eigenvalue weighted by atomic mass is 10.0. The molecule has 2 aliphatic carbocycles. The maximum atomic E-state index is 10.5. The van der Waals surface area contributed by atoms with E-state index >= 15 is 0 Å². The van der Waals surface area contributed by atoms with E-state index in [-0.39, 0.29) is 0 Å². The number of benzene rings is 1. The molecule has 2 aliphatic rings. The van der Waals surface area contributed by atoms with Crippen molar-refractivity contribution in [2.75, 3.05) is 20.1 Å². The van der Waals surface area contributed by atoms with E-state index in [2.05, 4.69) is 33.8 Å². The van der Waals surface area contributed by atoms with Crippen LogP contribution in [0.5, 0.6) is 0 Å².